The second-order valence-corrected chi connectivity index (χ2v) is 6.57. The van der Waals surface area contributed by atoms with Crippen molar-refractivity contribution >= 4 is 18.2 Å². The molecule has 1 saturated heterocycles. The Morgan fingerprint density at radius 2 is 1.83 bits per heavy atom. The van der Waals surface area contributed by atoms with Gasteiger partial charge in [0.05, 0.1) is 18.2 Å². The number of imide groups is 1. The fourth-order valence-corrected chi connectivity index (χ4v) is 3.04. The third-order valence-corrected chi connectivity index (χ3v) is 4.65. The van der Waals surface area contributed by atoms with Gasteiger partial charge in [-0.1, -0.05) is 24.3 Å². The third-order valence-electron chi connectivity index (χ3n) is 4.65. The number of hydrogen-bond donors (Lipinski definition) is 1. The molecule has 1 N–H and O–H groups in total. The first-order valence-corrected chi connectivity index (χ1v) is 9.01. The van der Waals surface area contributed by atoms with Gasteiger partial charge >= 0.3 is 0 Å². The highest BCUT2D eigenvalue weighted by Gasteiger charge is 2.32. The van der Waals surface area contributed by atoms with Crippen LogP contribution in [0.1, 0.15) is 18.4 Å². The van der Waals surface area contributed by atoms with Crippen LogP contribution in [0.5, 0.6) is 5.75 Å². The van der Waals surface area contributed by atoms with Gasteiger partial charge in [0.1, 0.15) is 18.4 Å². The van der Waals surface area contributed by atoms with Crippen LogP contribution in [0.4, 0.5) is 0 Å². The average molecular weight is 393 g/mol. The normalized spacial score (nSPS) is 14.4. The van der Waals surface area contributed by atoms with E-state index in [1.165, 1.54) is 0 Å². The molecule has 0 aromatic heterocycles. The van der Waals surface area contributed by atoms with Gasteiger partial charge < -0.3 is 4.74 Å². The molecule has 0 spiro atoms. The minimum atomic E-state index is -0.884. The van der Waals surface area contributed by atoms with Crippen molar-refractivity contribution in [2.24, 2.45) is 0 Å². The summed E-state index contributed by atoms with van der Waals surface area (Å²) in [5.74, 6) is -0.167. The van der Waals surface area contributed by atoms with E-state index in [0.29, 0.717) is 16.4 Å². The van der Waals surface area contributed by atoms with Crippen LogP contribution in [0.15, 0.2) is 48.5 Å². The summed E-state index contributed by atoms with van der Waals surface area (Å²) in [7, 11) is 0. The first-order valence-electron chi connectivity index (χ1n) is 9.01. The molecule has 1 heterocycles. The monoisotopic (exact) mass is 393 g/mol. The highest BCUT2D eigenvalue weighted by atomic mass is 16.5. The summed E-state index contributed by atoms with van der Waals surface area (Å²) < 4.78 is 5.65. The van der Waals surface area contributed by atoms with Crippen LogP contribution in [0.2, 0.25) is 0 Å². The molecule has 1 unspecified atom stereocenters. The highest BCUT2D eigenvalue weighted by Crippen LogP contribution is 2.23. The van der Waals surface area contributed by atoms with Gasteiger partial charge in [0.25, 0.3) is 0 Å². The Labute approximate surface area is 167 Å². The molecule has 1 fully saturated rings. The zero-order chi connectivity index (χ0) is 20.8. The molecule has 0 bridgehead atoms. The standard InChI is InChI=1S/C21H19N3O5/c22-11-15-2-1-3-17(10-15)16-4-6-19(7-5-16)29-13-18(24(28)14-25)12-23-20(26)8-9-21(23)27/h1-7,10,14,18,28H,8-9,12-13H2. The molecule has 3 amide bonds. The van der Waals surface area contributed by atoms with Gasteiger partial charge in [0.15, 0.2) is 0 Å². The number of hydroxylamine groups is 2. The van der Waals surface area contributed by atoms with E-state index in [1.807, 2.05) is 18.2 Å². The molecule has 0 saturated carbocycles. The minimum absolute atomic E-state index is 0.102. The largest absolute Gasteiger partial charge is 0.491 e. The number of nitriles is 1. The lowest BCUT2D eigenvalue weighted by molar-refractivity contribution is -0.167. The van der Waals surface area contributed by atoms with Crippen LogP contribution >= 0.6 is 0 Å². The molecule has 0 radical (unpaired) electrons. The summed E-state index contributed by atoms with van der Waals surface area (Å²) in [6.07, 6.45) is 0.477. The fourth-order valence-electron chi connectivity index (χ4n) is 3.04. The van der Waals surface area contributed by atoms with E-state index in [9.17, 15) is 19.6 Å². The molecule has 8 nitrogen and oxygen atoms in total. The Bertz CT molecular complexity index is 936. The Hall–Kier alpha value is -3.70. The maximum Gasteiger partial charge on any atom is 0.233 e. The molecule has 3 rings (SSSR count). The van der Waals surface area contributed by atoms with E-state index in [-0.39, 0.29) is 44.2 Å². The molecule has 0 aliphatic carbocycles. The lowest BCUT2D eigenvalue weighted by Crippen LogP contribution is -2.47. The Morgan fingerprint density at radius 3 is 2.45 bits per heavy atom. The van der Waals surface area contributed by atoms with Crippen LogP contribution < -0.4 is 4.74 Å². The number of carbonyl (C=O) groups excluding carboxylic acids is 3. The van der Waals surface area contributed by atoms with Gasteiger partial charge in [0.2, 0.25) is 18.2 Å². The van der Waals surface area contributed by atoms with E-state index in [1.54, 1.807) is 30.3 Å². The zero-order valence-corrected chi connectivity index (χ0v) is 15.5. The average Bonchev–Trinajstić information content (AvgIpc) is 3.08. The predicted molar refractivity (Wildman–Crippen MR) is 102 cm³/mol. The molecule has 29 heavy (non-hydrogen) atoms. The van der Waals surface area contributed by atoms with E-state index < -0.39 is 6.04 Å². The van der Waals surface area contributed by atoms with Crippen molar-refractivity contribution in [3.8, 4) is 22.9 Å². The van der Waals surface area contributed by atoms with E-state index in [2.05, 4.69) is 6.07 Å². The lowest BCUT2D eigenvalue weighted by atomic mass is 10.0. The maximum atomic E-state index is 11.8. The van der Waals surface area contributed by atoms with Crippen LogP contribution in [0.3, 0.4) is 0 Å². The molecular formula is C21H19N3O5. The molecule has 2 aromatic carbocycles. The second-order valence-electron chi connectivity index (χ2n) is 6.57. The van der Waals surface area contributed by atoms with E-state index in [0.717, 1.165) is 16.0 Å². The van der Waals surface area contributed by atoms with E-state index in [4.69, 9.17) is 10.00 Å². The van der Waals surface area contributed by atoms with Crippen LogP contribution in [0.25, 0.3) is 11.1 Å². The Balaban J connectivity index is 1.66. The SMILES string of the molecule is N#Cc1cccc(-c2ccc(OCC(CN3C(=O)CCC3=O)N(O)C=O)cc2)c1. The molecular weight excluding hydrogens is 374 g/mol. The van der Waals surface area contributed by atoms with Gasteiger partial charge in [-0.3, -0.25) is 24.5 Å². The van der Waals surface area contributed by atoms with Gasteiger partial charge in [-0.15, -0.1) is 0 Å². The van der Waals surface area contributed by atoms with Crippen molar-refractivity contribution in [2.75, 3.05) is 13.2 Å². The third kappa shape index (κ3) is 4.78. The summed E-state index contributed by atoms with van der Waals surface area (Å²) in [4.78, 5) is 35.5. The molecule has 2 aromatic rings. The summed E-state index contributed by atoms with van der Waals surface area (Å²) in [6, 6.07) is 15.5. The minimum Gasteiger partial charge on any atom is -0.491 e. The molecule has 8 heteroatoms. The number of nitrogens with zero attached hydrogens (tertiary/aromatic N) is 3. The van der Waals surface area contributed by atoms with Crippen molar-refractivity contribution in [3.63, 3.8) is 0 Å². The smallest absolute Gasteiger partial charge is 0.233 e. The van der Waals surface area contributed by atoms with Gasteiger partial charge in [-0.2, -0.15) is 5.26 Å². The Morgan fingerprint density at radius 1 is 1.14 bits per heavy atom. The summed E-state index contributed by atoms with van der Waals surface area (Å²) >= 11 is 0. The van der Waals surface area contributed by atoms with Gasteiger partial charge in [-0.25, -0.2) is 5.06 Å². The van der Waals surface area contributed by atoms with Gasteiger partial charge in [0, 0.05) is 12.8 Å². The molecule has 1 atom stereocenters. The number of hydrogen-bond acceptors (Lipinski definition) is 6. The van der Waals surface area contributed by atoms with Crippen LogP contribution in [-0.4, -0.2) is 52.6 Å². The van der Waals surface area contributed by atoms with Crippen molar-refractivity contribution in [3.05, 3.63) is 54.1 Å². The van der Waals surface area contributed by atoms with Crippen molar-refractivity contribution in [1.29, 1.82) is 5.26 Å². The molecule has 1 aliphatic heterocycles. The van der Waals surface area contributed by atoms with Crippen LogP contribution in [0, 0.1) is 11.3 Å². The quantitative estimate of drug-likeness (QED) is 0.318. The number of amides is 3. The number of carbonyl (C=O) groups is 3. The number of ether oxygens (including phenoxy) is 1. The van der Waals surface area contributed by atoms with Crippen molar-refractivity contribution in [2.45, 2.75) is 18.9 Å². The van der Waals surface area contributed by atoms with Gasteiger partial charge in [-0.05, 0) is 35.4 Å². The number of likely N-dealkylation sites (tertiary alicyclic amines) is 1. The fraction of sp³-hybridized carbons (Fsp3) is 0.238. The number of benzene rings is 2. The molecule has 1 aliphatic rings. The first kappa shape index (κ1) is 20.0. The van der Waals surface area contributed by atoms with E-state index >= 15 is 0 Å². The highest BCUT2D eigenvalue weighted by molar-refractivity contribution is 6.01. The zero-order valence-electron chi connectivity index (χ0n) is 15.5. The van der Waals surface area contributed by atoms with Crippen molar-refractivity contribution < 1.29 is 24.3 Å². The topological polar surface area (TPSA) is 111 Å². The second kappa shape index (κ2) is 8.99. The number of rotatable bonds is 8. The lowest BCUT2D eigenvalue weighted by Gasteiger charge is -2.26. The van der Waals surface area contributed by atoms with Crippen LogP contribution in [-0.2, 0) is 14.4 Å². The predicted octanol–water partition coefficient (Wildman–Crippen LogP) is 1.97. The Kier molecular flexibility index (Phi) is 6.22. The first-order chi connectivity index (χ1) is 14.0. The molecule has 148 valence electrons. The maximum absolute atomic E-state index is 11.8. The summed E-state index contributed by atoms with van der Waals surface area (Å²) in [6.45, 7) is -0.235. The summed E-state index contributed by atoms with van der Waals surface area (Å²) in [5, 5.41) is 19.2. The van der Waals surface area contributed by atoms with Crippen molar-refractivity contribution in [1.82, 2.24) is 9.96 Å². The summed E-state index contributed by atoms with van der Waals surface area (Å²) in [5.41, 5.74) is 2.35.